The first-order valence-electron chi connectivity index (χ1n) is 5.70. The molecule has 4 heteroatoms. The second kappa shape index (κ2) is 3.51. The Morgan fingerprint density at radius 3 is 2.73 bits per heavy atom. The van der Waals surface area contributed by atoms with E-state index in [1.165, 1.54) is 12.8 Å². The summed E-state index contributed by atoms with van der Waals surface area (Å²) in [5, 5.41) is 0. The van der Waals surface area contributed by atoms with E-state index in [1.54, 1.807) is 4.90 Å². The van der Waals surface area contributed by atoms with Crippen LogP contribution < -0.4 is 5.73 Å². The maximum Gasteiger partial charge on any atom is 0.231 e. The first kappa shape index (κ1) is 10.5. The van der Waals surface area contributed by atoms with Gasteiger partial charge in [0.05, 0.1) is 12.0 Å². The lowest BCUT2D eigenvalue weighted by Gasteiger charge is -2.34. The maximum absolute atomic E-state index is 11.9. The summed E-state index contributed by atoms with van der Waals surface area (Å²) in [6.45, 7) is 4.81. The number of carbonyl (C=O) groups is 1. The summed E-state index contributed by atoms with van der Waals surface area (Å²) in [5.41, 5.74) is 5.58. The van der Waals surface area contributed by atoms with E-state index >= 15 is 0 Å². The smallest absolute Gasteiger partial charge is 0.231 e. The fraction of sp³-hybridized carbons (Fsp3) is 0.818. The zero-order valence-electron chi connectivity index (χ0n) is 9.49. The molecule has 0 unspecified atom stereocenters. The average Bonchev–Trinajstić information content (AvgIpc) is 2.95. The van der Waals surface area contributed by atoms with Crippen molar-refractivity contribution in [2.75, 3.05) is 6.54 Å². The van der Waals surface area contributed by atoms with E-state index < -0.39 is 0 Å². The average molecular weight is 209 g/mol. The quantitative estimate of drug-likeness (QED) is 0.757. The molecule has 2 N–H and O–H groups in total. The van der Waals surface area contributed by atoms with Crippen LogP contribution in [0.25, 0.3) is 0 Å². The van der Waals surface area contributed by atoms with Gasteiger partial charge < -0.3 is 5.73 Å². The van der Waals surface area contributed by atoms with E-state index in [0.717, 1.165) is 13.0 Å². The Bertz CT molecular complexity index is 309. The van der Waals surface area contributed by atoms with E-state index in [-0.39, 0.29) is 11.4 Å². The van der Waals surface area contributed by atoms with Crippen LogP contribution in [0.1, 0.15) is 39.5 Å². The summed E-state index contributed by atoms with van der Waals surface area (Å²) in [5.74, 6) is 1.22. The van der Waals surface area contributed by atoms with E-state index in [2.05, 4.69) is 4.99 Å². The van der Waals surface area contributed by atoms with Gasteiger partial charge in [0.1, 0.15) is 0 Å². The summed E-state index contributed by atoms with van der Waals surface area (Å²) >= 11 is 0. The summed E-state index contributed by atoms with van der Waals surface area (Å²) in [4.78, 5) is 18.0. The van der Waals surface area contributed by atoms with Crippen LogP contribution >= 0.6 is 0 Å². The van der Waals surface area contributed by atoms with Crippen molar-refractivity contribution in [3.63, 3.8) is 0 Å². The lowest BCUT2D eigenvalue weighted by Crippen LogP contribution is -2.51. The topological polar surface area (TPSA) is 58.7 Å². The Balaban J connectivity index is 2.13. The molecule has 1 fully saturated rings. The van der Waals surface area contributed by atoms with E-state index in [0.29, 0.717) is 18.3 Å². The monoisotopic (exact) mass is 209 g/mol. The molecular formula is C11H19N3O. The lowest BCUT2D eigenvalue weighted by molar-refractivity contribution is -0.129. The van der Waals surface area contributed by atoms with Crippen LogP contribution in [-0.2, 0) is 4.79 Å². The van der Waals surface area contributed by atoms with Crippen molar-refractivity contribution in [3.05, 3.63) is 0 Å². The molecule has 0 spiro atoms. The van der Waals surface area contributed by atoms with Crippen molar-refractivity contribution in [3.8, 4) is 0 Å². The fourth-order valence-electron chi connectivity index (χ4n) is 1.88. The maximum atomic E-state index is 11.9. The molecule has 0 aromatic carbocycles. The molecule has 1 heterocycles. The van der Waals surface area contributed by atoms with E-state index in [1.807, 2.05) is 13.8 Å². The third kappa shape index (κ3) is 2.13. The van der Waals surface area contributed by atoms with Gasteiger partial charge in [-0.25, -0.2) is 4.99 Å². The number of aliphatic imine (C=N–C) groups is 1. The standard InChI is InChI=1S/C11H19N3O/c1-3-11(2)6-9(15)14(10(12)13-11)7-8-4-5-8/h8H,3-7H2,1-2H3,(H2,12,13)/t11-/m1/s1. The first-order valence-corrected chi connectivity index (χ1v) is 5.70. The lowest BCUT2D eigenvalue weighted by atomic mass is 9.93. The highest BCUT2D eigenvalue weighted by Crippen LogP contribution is 2.32. The molecule has 1 saturated carbocycles. The van der Waals surface area contributed by atoms with Crippen molar-refractivity contribution >= 4 is 11.9 Å². The SMILES string of the molecule is CC[C@]1(C)CC(=O)N(CC2CC2)C(N)=N1. The first-order chi connectivity index (χ1) is 7.04. The summed E-state index contributed by atoms with van der Waals surface area (Å²) in [6, 6.07) is 0. The predicted octanol–water partition coefficient (Wildman–Crippen LogP) is 1.11. The minimum absolute atomic E-state index is 0.138. The van der Waals surface area contributed by atoms with Gasteiger partial charge in [-0.05, 0) is 32.1 Å². The molecule has 1 aliphatic heterocycles. The summed E-state index contributed by atoms with van der Waals surface area (Å²) in [6.07, 6.45) is 3.80. The Morgan fingerprint density at radius 2 is 2.27 bits per heavy atom. The van der Waals surface area contributed by atoms with Gasteiger partial charge in [-0.1, -0.05) is 6.92 Å². The number of carbonyl (C=O) groups excluding carboxylic acids is 1. The number of hydrogen-bond donors (Lipinski definition) is 1. The van der Waals surface area contributed by atoms with E-state index in [4.69, 9.17) is 5.73 Å². The van der Waals surface area contributed by atoms with Gasteiger partial charge in [0, 0.05) is 6.54 Å². The van der Waals surface area contributed by atoms with Gasteiger partial charge in [-0.2, -0.15) is 0 Å². The minimum Gasteiger partial charge on any atom is -0.369 e. The fourth-order valence-corrected chi connectivity index (χ4v) is 1.88. The third-order valence-electron chi connectivity index (χ3n) is 3.39. The van der Waals surface area contributed by atoms with Crippen LogP contribution in [0.5, 0.6) is 0 Å². The number of hydrogen-bond acceptors (Lipinski definition) is 3. The molecule has 15 heavy (non-hydrogen) atoms. The molecule has 0 aromatic heterocycles. The highest BCUT2D eigenvalue weighted by molar-refractivity contribution is 5.99. The van der Waals surface area contributed by atoms with Crippen LogP contribution in [0.15, 0.2) is 4.99 Å². The van der Waals surface area contributed by atoms with Crippen molar-refractivity contribution in [2.45, 2.75) is 45.1 Å². The molecule has 0 aromatic rings. The van der Waals surface area contributed by atoms with Crippen molar-refractivity contribution < 1.29 is 4.79 Å². The molecule has 0 radical (unpaired) electrons. The van der Waals surface area contributed by atoms with Gasteiger partial charge in [0.15, 0.2) is 5.96 Å². The number of amides is 1. The zero-order valence-corrected chi connectivity index (χ0v) is 9.49. The molecule has 1 atom stereocenters. The molecule has 1 aliphatic carbocycles. The van der Waals surface area contributed by atoms with Gasteiger partial charge >= 0.3 is 0 Å². The Kier molecular flexibility index (Phi) is 2.44. The Morgan fingerprint density at radius 1 is 1.60 bits per heavy atom. The second-order valence-corrected chi connectivity index (χ2v) is 4.94. The number of nitrogens with zero attached hydrogens (tertiary/aromatic N) is 2. The molecule has 1 amide bonds. The predicted molar refractivity (Wildman–Crippen MR) is 59.4 cm³/mol. The van der Waals surface area contributed by atoms with Crippen LogP contribution in [0.4, 0.5) is 0 Å². The van der Waals surface area contributed by atoms with Gasteiger partial charge in [0.2, 0.25) is 5.91 Å². The highest BCUT2D eigenvalue weighted by Gasteiger charge is 2.37. The third-order valence-corrected chi connectivity index (χ3v) is 3.39. The summed E-state index contributed by atoms with van der Waals surface area (Å²) in [7, 11) is 0. The largest absolute Gasteiger partial charge is 0.369 e. The van der Waals surface area contributed by atoms with Crippen LogP contribution in [0.2, 0.25) is 0 Å². The molecule has 0 bridgehead atoms. The number of guanidine groups is 1. The van der Waals surface area contributed by atoms with Crippen LogP contribution in [0, 0.1) is 5.92 Å². The second-order valence-electron chi connectivity index (χ2n) is 4.94. The normalized spacial score (nSPS) is 31.7. The van der Waals surface area contributed by atoms with Crippen molar-refractivity contribution in [1.29, 1.82) is 0 Å². The van der Waals surface area contributed by atoms with Crippen molar-refractivity contribution in [1.82, 2.24) is 4.90 Å². The van der Waals surface area contributed by atoms with Gasteiger partial charge in [-0.15, -0.1) is 0 Å². The number of nitrogens with two attached hydrogens (primary N) is 1. The molecule has 4 nitrogen and oxygen atoms in total. The van der Waals surface area contributed by atoms with Crippen molar-refractivity contribution in [2.24, 2.45) is 16.6 Å². The molecule has 2 rings (SSSR count). The molecule has 84 valence electrons. The highest BCUT2D eigenvalue weighted by atomic mass is 16.2. The van der Waals surface area contributed by atoms with Crippen LogP contribution in [-0.4, -0.2) is 28.9 Å². The minimum atomic E-state index is -0.277. The zero-order chi connectivity index (χ0) is 11.1. The molecule has 0 saturated heterocycles. The number of rotatable bonds is 3. The summed E-state index contributed by atoms with van der Waals surface area (Å²) < 4.78 is 0. The van der Waals surface area contributed by atoms with Crippen LogP contribution in [0.3, 0.4) is 0 Å². The van der Waals surface area contributed by atoms with Gasteiger partial charge in [0.25, 0.3) is 0 Å². The van der Waals surface area contributed by atoms with E-state index in [9.17, 15) is 4.79 Å². The molecule has 2 aliphatic rings. The molecular weight excluding hydrogens is 190 g/mol. The Hall–Kier alpha value is -1.06. The van der Waals surface area contributed by atoms with Gasteiger partial charge in [-0.3, -0.25) is 9.69 Å². The Labute approximate surface area is 90.5 Å².